The largest absolute Gasteiger partial charge is 0.444 e. The van der Waals surface area contributed by atoms with Crippen molar-refractivity contribution in [2.45, 2.75) is 58.7 Å². The van der Waals surface area contributed by atoms with Crippen LogP contribution in [0.5, 0.6) is 0 Å². The maximum absolute atomic E-state index is 13.0. The van der Waals surface area contributed by atoms with E-state index >= 15 is 0 Å². The Hall–Kier alpha value is -3.37. The van der Waals surface area contributed by atoms with Gasteiger partial charge in [-0.2, -0.15) is 13.2 Å². The SMILES string of the molecule is Cc1cc(NC(=O)CC2CCN(c3cnc(NC(=O)OC(C)(C)C)cn3)CC2)cc(C(F)(F)F)c1. The second kappa shape index (κ2) is 10.5. The number of benzene rings is 1. The number of piperidine rings is 1. The normalized spacial score (nSPS) is 15.0. The van der Waals surface area contributed by atoms with Crippen LogP contribution in [0, 0.1) is 12.8 Å². The van der Waals surface area contributed by atoms with E-state index in [1.54, 1.807) is 33.9 Å². The smallest absolute Gasteiger partial charge is 0.416 e. The molecule has 1 aromatic carbocycles. The van der Waals surface area contributed by atoms with Gasteiger partial charge in [-0.15, -0.1) is 0 Å². The van der Waals surface area contributed by atoms with Crippen LogP contribution in [0.25, 0.3) is 0 Å². The van der Waals surface area contributed by atoms with Crippen molar-refractivity contribution < 1.29 is 27.5 Å². The maximum atomic E-state index is 13.0. The minimum absolute atomic E-state index is 0.110. The van der Waals surface area contributed by atoms with Gasteiger partial charge in [0.15, 0.2) is 5.82 Å². The highest BCUT2D eigenvalue weighted by molar-refractivity contribution is 5.91. The van der Waals surface area contributed by atoms with Crippen molar-refractivity contribution in [1.82, 2.24) is 9.97 Å². The Morgan fingerprint density at radius 2 is 1.74 bits per heavy atom. The zero-order chi connectivity index (χ0) is 25.8. The molecule has 1 aromatic heterocycles. The number of rotatable bonds is 5. The summed E-state index contributed by atoms with van der Waals surface area (Å²) in [5.74, 6) is 0.736. The maximum Gasteiger partial charge on any atom is 0.416 e. The molecule has 0 atom stereocenters. The van der Waals surface area contributed by atoms with E-state index in [0.29, 0.717) is 24.5 Å². The summed E-state index contributed by atoms with van der Waals surface area (Å²) in [6.45, 7) is 8.18. The van der Waals surface area contributed by atoms with Crippen LogP contribution in [0.2, 0.25) is 0 Å². The molecule has 0 bridgehead atoms. The minimum atomic E-state index is -4.47. The number of alkyl halides is 3. The number of amides is 2. The molecule has 2 N–H and O–H groups in total. The van der Waals surface area contributed by atoms with E-state index in [9.17, 15) is 22.8 Å². The molecule has 1 fully saturated rings. The molecule has 3 rings (SSSR count). The fraction of sp³-hybridized carbons (Fsp3) is 0.500. The van der Waals surface area contributed by atoms with E-state index in [4.69, 9.17) is 4.74 Å². The highest BCUT2D eigenvalue weighted by Crippen LogP contribution is 2.32. The van der Waals surface area contributed by atoms with E-state index in [1.165, 1.54) is 12.3 Å². The average molecular weight is 494 g/mol. The summed E-state index contributed by atoms with van der Waals surface area (Å²) < 4.78 is 44.2. The Kier molecular flexibility index (Phi) is 7.86. The van der Waals surface area contributed by atoms with Crippen molar-refractivity contribution in [3.63, 3.8) is 0 Å². The topological polar surface area (TPSA) is 96.5 Å². The summed E-state index contributed by atoms with van der Waals surface area (Å²) >= 11 is 0. The molecule has 0 aliphatic carbocycles. The van der Waals surface area contributed by atoms with Crippen LogP contribution in [0.3, 0.4) is 0 Å². The monoisotopic (exact) mass is 493 g/mol. The molecule has 2 heterocycles. The Bertz CT molecular complexity index is 1040. The number of nitrogens with one attached hydrogen (secondary N) is 2. The first kappa shape index (κ1) is 26.2. The van der Waals surface area contributed by atoms with Gasteiger partial charge in [0.1, 0.15) is 11.4 Å². The van der Waals surface area contributed by atoms with Gasteiger partial charge in [-0.3, -0.25) is 10.1 Å². The first-order valence-corrected chi connectivity index (χ1v) is 11.3. The fourth-order valence-corrected chi connectivity index (χ4v) is 3.82. The molecule has 11 heteroatoms. The van der Waals surface area contributed by atoms with Crippen LogP contribution in [-0.4, -0.2) is 40.7 Å². The van der Waals surface area contributed by atoms with Gasteiger partial charge in [-0.25, -0.2) is 14.8 Å². The van der Waals surface area contributed by atoms with Crippen molar-refractivity contribution in [1.29, 1.82) is 0 Å². The summed E-state index contributed by atoms with van der Waals surface area (Å²) in [6, 6.07) is 3.53. The van der Waals surface area contributed by atoms with Gasteiger partial charge >= 0.3 is 12.3 Å². The van der Waals surface area contributed by atoms with Gasteiger partial charge < -0.3 is 15.0 Å². The van der Waals surface area contributed by atoms with Crippen LogP contribution in [0.1, 0.15) is 51.2 Å². The van der Waals surface area contributed by atoms with Crippen molar-refractivity contribution >= 4 is 29.3 Å². The van der Waals surface area contributed by atoms with Crippen LogP contribution in [-0.2, 0) is 15.7 Å². The molecule has 0 saturated carbocycles. The number of carbonyl (C=O) groups is 2. The second-order valence-electron chi connectivity index (χ2n) is 9.65. The van der Waals surface area contributed by atoms with Crippen molar-refractivity contribution in [3.8, 4) is 0 Å². The Balaban J connectivity index is 1.48. The van der Waals surface area contributed by atoms with Gasteiger partial charge in [0.2, 0.25) is 5.91 Å². The number of nitrogens with zero attached hydrogens (tertiary/aromatic N) is 3. The molecule has 190 valence electrons. The number of ether oxygens (including phenoxy) is 1. The number of aromatic nitrogens is 2. The molecule has 35 heavy (non-hydrogen) atoms. The quantitative estimate of drug-likeness (QED) is 0.579. The molecule has 2 aromatic rings. The number of halogens is 3. The predicted octanol–water partition coefficient (Wildman–Crippen LogP) is 5.40. The summed E-state index contributed by atoms with van der Waals surface area (Å²) in [6.07, 6.45) is -0.368. The molecule has 0 unspecified atom stereocenters. The van der Waals surface area contributed by atoms with E-state index in [-0.39, 0.29) is 29.8 Å². The standard InChI is InChI=1S/C24H30F3N5O3/c1-15-9-17(24(25,26)27)12-18(10-15)30-21(33)11-16-5-7-32(8-6-16)20-14-28-19(13-29-20)31-22(34)35-23(2,3)4/h9-10,12-14,16H,5-8,11H2,1-4H3,(H,30,33)(H,28,31,34). The number of carbonyl (C=O) groups excluding carboxylic acids is 2. The van der Waals surface area contributed by atoms with Gasteiger partial charge in [0, 0.05) is 25.2 Å². The van der Waals surface area contributed by atoms with E-state index < -0.39 is 23.4 Å². The summed E-state index contributed by atoms with van der Waals surface area (Å²) in [5.41, 5.74) is -0.827. The van der Waals surface area contributed by atoms with Crippen molar-refractivity contribution in [3.05, 3.63) is 41.7 Å². The number of hydrogen-bond donors (Lipinski definition) is 2. The highest BCUT2D eigenvalue weighted by Gasteiger charge is 2.31. The third-order valence-electron chi connectivity index (χ3n) is 5.37. The molecule has 8 nitrogen and oxygen atoms in total. The lowest BCUT2D eigenvalue weighted by atomic mass is 9.93. The molecule has 0 radical (unpaired) electrons. The van der Waals surface area contributed by atoms with Gasteiger partial charge in [0.25, 0.3) is 0 Å². The molecular weight excluding hydrogens is 463 g/mol. The van der Waals surface area contributed by atoms with Gasteiger partial charge in [-0.05, 0) is 70.2 Å². The first-order chi connectivity index (χ1) is 16.3. The number of aryl methyl sites for hydroxylation is 1. The zero-order valence-corrected chi connectivity index (χ0v) is 20.2. The lowest BCUT2D eigenvalue weighted by Gasteiger charge is -2.32. The lowest BCUT2D eigenvalue weighted by Crippen LogP contribution is -2.35. The minimum Gasteiger partial charge on any atom is -0.444 e. The third kappa shape index (κ3) is 8.11. The van der Waals surface area contributed by atoms with Crippen molar-refractivity contribution in [2.24, 2.45) is 5.92 Å². The Morgan fingerprint density at radius 3 is 2.31 bits per heavy atom. The van der Waals surface area contributed by atoms with E-state index in [0.717, 1.165) is 25.0 Å². The van der Waals surface area contributed by atoms with Gasteiger partial charge in [-0.1, -0.05) is 0 Å². The number of hydrogen-bond acceptors (Lipinski definition) is 6. The molecule has 1 aliphatic heterocycles. The first-order valence-electron chi connectivity index (χ1n) is 11.3. The molecule has 1 saturated heterocycles. The average Bonchev–Trinajstić information content (AvgIpc) is 2.72. The van der Waals surface area contributed by atoms with E-state index in [2.05, 4.69) is 20.6 Å². The van der Waals surface area contributed by atoms with Crippen LogP contribution < -0.4 is 15.5 Å². The van der Waals surface area contributed by atoms with Crippen molar-refractivity contribution in [2.75, 3.05) is 28.6 Å². The molecule has 2 amide bonds. The number of anilines is 3. The molecule has 0 spiro atoms. The van der Waals surface area contributed by atoms with Crippen LogP contribution in [0.4, 0.5) is 35.3 Å². The predicted molar refractivity (Wildman–Crippen MR) is 126 cm³/mol. The second-order valence-corrected chi connectivity index (χ2v) is 9.65. The van der Waals surface area contributed by atoms with Crippen LogP contribution in [0.15, 0.2) is 30.6 Å². The summed E-state index contributed by atoms with van der Waals surface area (Å²) in [4.78, 5) is 34.9. The Labute approximate surface area is 202 Å². The molecule has 1 aliphatic rings. The van der Waals surface area contributed by atoms with Gasteiger partial charge in [0.05, 0.1) is 18.0 Å². The van der Waals surface area contributed by atoms with E-state index in [1.807, 2.05) is 4.90 Å². The molecular formula is C24H30F3N5O3. The lowest BCUT2D eigenvalue weighted by molar-refractivity contribution is -0.137. The highest BCUT2D eigenvalue weighted by atomic mass is 19.4. The third-order valence-corrected chi connectivity index (χ3v) is 5.37. The fourth-order valence-electron chi connectivity index (χ4n) is 3.82. The summed E-state index contributed by atoms with van der Waals surface area (Å²) in [5, 5.41) is 5.13. The summed E-state index contributed by atoms with van der Waals surface area (Å²) in [7, 11) is 0. The zero-order valence-electron chi connectivity index (χ0n) is 20.2. The Morgan fingerprint density at radius 1 is 1.06 bits per heavy atom. The van der Waals surface area contributed by atoms with Crippen LogP contribution >= 0.6 is 0 Å².